The van der Waals surface area contributed by atoms with Crippen LogP contribution in [0, 0.1) is 0 Å². The van der Waals surface area contributed by atoms with Gasteiger partial charge in [-0.15, -0.1) is 10.2 Å². The first-order valence-electron chi connectivity index (χ1n) is 9.25. The first-order chi connectivity index (χ1) is 13.8. The average Bonchev–Trinajstić information content (AvgIpc) is 3.17. The van der Waals surface area contributed by atoms with Gasteiger partial charge in [0.25, 0.3) is 0 Å². The van der Waals surface area contributed by atoms with Crippen LogP contribution in [-0.2, 0) is 0 Å². The van der Waals surface area contributed by atoms with Crippen molar-refractivity contribution in [3.8, 4) is 28.6 Å². The van der Waals surface area contributed by atoms with Gasteiger partial charge in [-0.25, -0.2) is 0 Å². The van der Waals surface area contributed by atoms with E-state index in [1.165, 1.54) is 0 Å². The Balaban J connectivity index is 1.97. The van der Waals surface area contributed by atoms with Crippen molar-refractivity contribution in [2.45, 2.75) is 24.4 Å². The van der Waals surface area contributed by atoms with E-state index in [0.29, 0.717) is 0 Å². The van der Waals surface area contributed by atoms with Crippen molar-refractivity contribution in [2.75, 3.05) is 26.6 Å². The third-order valence-electron chi connectivity index (χ3n) is 4.35. The number of aromatic nitrogens is 3. The number of aliphatic hydroxyl groups excluding tert-OH is 1. The summed E-state index contributed by atoms with van der Waals surface area (Å²) in [5.41, 5.74) is 1.85. The Morgan fingerprint density at radius 1 is 0.929 bits per heavy atom. The van der Waals surface area contributed by atoms with E-state index in [2.05, 4.69) is 10.2 Å². The SMILES string of the molecule is COc1ccc(-n2c(SCCCCCO)nnc2-c2ccccc2OC)cc1. The molecule has 0 fully saturated rings. The fraction of sp³-hybridized carbons (Fsp3) is 0.333. The van der Waals surface area contributed by atoms with Crippen LogP contribution in [-0.4, -0.2) is 46.5 Å². The molecular formula is C21H25N3O3S. The zero-order valence-corrected chi connectivity index (χ0v) is 17.0. The van der Waals surface area contributed by atoms with E-state index in [1.54, 1.807) is 26.0 Å². The second-order valence-electron chi connectivity index (χ2n) is 6.17. The summed E-state index contributed by atoms with van der Waals surface area (Å²) >= 11 is 1.67. The molecule has 28 heavy (non-hydrogen) atoms. The molecular weight excluding hydrogens is 374 g/mol. The van der Waals surface area contributed by atoms with Gasteiger partial charge in [0, 0.05) is 12.4 Å². The zero-order chi connectivity index (χ0) is 19.8. The van der Waals surface area contributed by atoms with Gasteiger partial charge in [0.2, 0.25) is 0 Å². The maximum atomic E-state index is 8.94. The Bertz CT molecular complexity index is 881. The van der Waals surface area contributed by atoms with Gasteiger partial charge >= 0.3 is 0 Å². The van der Waals surface area contributed by atoms with E-state index >= 15 is 0 Å². The van der Waals surface area contributed by atoms with Crippen molar-refractivity contribution in [3.05, 3.63) is 48.5 Å². The summed E-state index contributed by atoms with van der Waals surface area (Å²) in [6.07, 6.45) is 2.85. The van der Waals surface area contributed by atoms with Gasteiger partial charge in [0.1, 0.15) is 11.5 Å². The molecule has 148 valence electrons. The lowest BCUT2D eigenvalue weighted by Crippen LogP contribution is -2.01. The minimum absolute atomic E-state index is 0.241. The molecule has 0 aliphatic rings. The van der Waals surface area contributed by atoms with E-state index in [9.17, 15) is 0 Å². The number of thioether (sulfide) groups is 1. The van der Waals surface area contributed by atoms with Gasteiger partial charge in [0.15, 0.2) is 11.0 Å². The van der Waals surface area contributed by atoms with Crippen molar-refractivity contribution in [1.82, 2.24) is 14.8 Å². The maximum absolute atomic E-state index is 8.94. The molecule has 7 heteroatoms. The Hall–Kier alpha value is -2.51. The number of unbranched alkanes of at least 4 members (excludes halogenated alkanes) is 2. The molecule has 0 saturated heterocycles. The number of benzene rings is 2. The van der Waals surface area contributed by atoms with Crippen LogP contribution in [0.15, 0.2) is 53.7 Å². The van der Waals surface area contributed by atoms with Gasteiger partial charge < -0.3 is 14.6 Å². The lowest BCUT2D eigenvalue weighted by atomic mass is 10.2. The Kier molecular flexibility index (Phi) is 7.33. The molecule has 0 saturated carbocycles. The maximum Gasteiger partial charge on any atom is 0.196 e. The summed E-state index contributed by atoms with van der Waals surface area (Å²) in [6, 6.07) is 15.7. The standard InChI is InChI=1S/C21H25N3O3S/c1-26-17-12-10-16(11-13-17)24-20(18-8-4-5-9-19(18)27-2)22-23-21(24)28-15-7-3-6-14-25/h4-5,8-13,25H,3,6-7,14-15H2,1-2H3. The largest absolute Gasteiger partial charge is 0.497 e. The predicted molar refractivity (Wildman–Crippen MR) is 112 cm³/mol. The normalized spacial score (nSPS) is 10.8. The van der Waals surface area contributed by atoms with Crippen LogP contribution in [0.25, 0.3) is 17.1 Å². The molecule has 0 aliphatic heterocycles. The number of ether oxygens (including phenoxy) is 2. The van der Waals surface area contributed by atoms with Crippen molar-refractivity contribution in [3.63, 3.8) is 0 Å². The molecule has 0 amide bonds. The van der Waals surface area contributed by atoms with Crippen LogP contribution in [0.3, 0.4) is 0 Å². The monoisotopic (exact) mass is 399 g/mol. The highest BCUT2D eigenvalue weighted by Gasteiger charge is 2.18. The fourth-order valence-corrected chi connectivity index (χ4v) is 3.84. The van der Waals surface area contributed by atoms with Crippen molar-refractivity contribution < 1.29 is 14.6 Å². The van der Waals surface area contributed by atoms with Crippen LogP contribution in [0.5, 0.6) is 11.5 Å². The summed E-state index contributed by atoms with van der Waals surface area (Å²) in [5.74, 6) is 3.21. The zero-order valence-electron chi connectivity index (χ0n) is 16.2. The Morgan fingerprint density at radius 3 is 2.43 bits per heavy atom. The number of rotatable bonds is 10. The van der Waals surface area contributed by atoms with Gasteiger partial charge in [-0.3, -0.25) is 4.57 Å². The van der Waals surface area contributed by atoms with Crippen LogP contribution in [0.2, 0.25) is 0 Å². The van der Waals surface area contributed by atoms with Gasteiger partial charge in [-0.2, -0.15) is 0 Å². The third kappa shape index (κ3) is 4.66. The number of nitrogens with zero attached hydrogens (tertiary/aromatic N) is 3. The molecule has 0 bridgehead atoms. The topological polar surface area (TPSA) is 69.4 Å². The highest BCUT2D eigenvalue weighted by molar-refractivity contribution is 7.99. The molecule has 1 N–H and O–H groups in total. The molecule has 3 rings (SSSR count). The molecule has 3 aromatic rings. The van der Waals surface area contributed by atoms with Gasteiger partial charge in [0.05, 0.1) is 25.5 Å². The summed E-state index contributed by atoms with van der Waals surface area (Å²) in [5, 5.41) is 18.7. The number of aliphatic hydroxyl groups is 1. The fourth-order valence-electron chi connectivity index (χ4n) is 2.89. The molecule has 1 aromatic heterocycles. The number of hydrogen-bond acceptors (Lipinski definition) is 6. The Labute approximate surface area is 169 Å². The van der Waals surface area contributed by atoms with E-state index in [4.69, 9.17) is 14.6 Å². The lowest BCUT2D eigenvalue weighted by molar-refractivity contribution is 0.284. The van der Waals surface area contributed by atoms with Crippen molar-refractivity contribution in [2.24, 2.45) is 0 Å². The molecule has 0 aliphatic carbocycles. The number of para-hydroxylation sites is 1. The highest BCUT2D eigenvalue weighted by Crippen LogP contribution is 2.33. The Morgan fingerprint density at radius 2 is 1.71 bits per heavy atom. The highest BCUT2D eigenvalue weighted by atomic mass is 32.2. The predicted octanol–water partition coefficient (Wildman–Crippen LogP) is 4.21. The van der Waals surface area contributed by atoms with Crippen LogP contribution in [0.1, 0.15) is 19.3 Å². The van der Waals surface area contributed by atoms with Gasteiger partial charge in [-0.1, -0.05) is 30.3 Å². The minimum Gasteiger partial charge on any atom is -0.497 e. The first kappa shape index (κ1) is 20.2. The quantitative estimate of drug-likeness (QED) is 0.407. The minimum atomic E-state index is 0.241. The lowest BCUT2D eigenvalue weighted by Gasteiger charge is -2.13. The van der Waals surface area contributed by atoms with E-state index in [0.717, 1.165) is 58.7 Å². The van der Waals surface area contributed by atoms with E-state index in [1.807, 2.05) is 53.1 Å². The molecule has 0 spiro atoms. The first-order valence-corrected chi connectivity index (χ1v) is 10.2. The second kappa shape index (κ2) is 10.1. The molecule has 2 aromatic carbocycles. The van der Waals surface area contributed by atoms with Crippen LogP contribution >= 0.6 is 11.8 Å². The number of hydrogen-bond donors (Lipinski definition) is 1. The van der Waals surface area contributed by atoms with Crippen LogP contribution < -0.4 is 9.47 Å². The molecule has 0 radical (unpaired) electrons. The molecule has 0 atom stereocenters. The molecule has 6 nitrogen and oxygen atoms in total. The summed E-state index contributed by atoms with van der Waals surface area (Å²) in [7, 11) is 3.31. The second-order valence-corrected chi connectivity index (χ2v) is 7.23. The smallest absolute Gasteiger partial charge is 0.196 e. The summed E-state index contributed by atoms with van der Waals surface area (Å²) in [6.45, 7) is 0.241. The number of methoxy groups -OCH3 is 2. The summed E-state index contributed by atoms with van der Waals surface area (Å²) in [4.78, 5) is 0. The van der Waals surface area contributed by atoms with Gasteiger partial charge in [-0.05, 0) is 49.2 Å². The van der Waals surface area contributed by atoms with Crippen molar-refractivity contribution >= 4 is 11.8 Å². The molecule has 0 unspecified atom stereocenters. The summed E-state index contributed by atoms with van der Waals surface area (Å²) < 4.78 is 12.9. The molecule has 1 heterocycles. The van der Waals surface area contributed by atoms with Crippen LogP contribution in [0.4, 0.5) is 0 Å². The third-order valence-corrected chi connectivity index (χ3v) is 5.36. The van der Waals surface area contributed by atoms with E-state index < -0.39 is 0 Å². The van der Waals surface area contributed by atoms with E-state index in [-0.39, 0.29) is 6.61 Å². The average molecular weight is 400 g/mol. The van der Waals surface area contributed by atoms with Crippen molar-refractivity contribution in [1.29, 1.82) is 0 Å².